The van der Waals surface area contributed by atoms with E-state index in [2.05, 4.69) is 57.7 Å². The SMILES string of the molecule is c1ccc2c(c1)c1cnc(-n3c4ccccc4c4ncccc43)nc1c1nc(-n3c4ccccc4c4ncccc43)ncc21. The molecule has 0 N–H and O–H groups in total. The molecular weight excluding hydrogens is 544 g/mol. The van der Waals surface area contributed by atoms with E-state index in [0.29, 0.717) is 11.9 Å². The Morgan fingerprint density at radius 1 is 0.341 bits per heavy atom. The van der Waals surface area contributed by atoms with E-state index in [4.69, 9.17) is 29.9 Å². The van der Waals surface area contributed by atoms with Crippen molar-refractivity contribution in [2.24, 2.45) is 0 Å². The van der Waals surface area contributed by atoms with E-state index in [1.165, 1.54) is 0 Å². The molecule has 10 rings (SSSR count). The van der Waals surface area contributed by atoms with Gasteiger partial charge >= 0.3 is 0 Å². The Balaban J connectivity index is 1.33. The van der Waals surface area contributed by atoms with Crippen molar-refractivity contribution in [3.63, 3.8) is 0 Å². The van der Waals surface area contributed by atoms with Crippen molar-refractivity contribution in [3.8, 4) is 11.9 Å². The summed E-state index contributed by atoms with van der Waals surface area (Å²) in [6, 6.07) is 32.8. The van der Waals surface area contributed by atoms with E-state index in [-0.39, 0.29) is 0 Å². The summed E-state index contributed by atoms with van der Waals surface area (Å²) >= 11 is 0. The standard InChI is InChI=1S/C36H20N8/c1-2-10-22-21(9-1)25-19-39-35(43-27-13-5-3-11-23(27)31-29(43)15-7-17-37-31)41-33(25)34-26(22)20-40-36(42-34)44-28-14-6-4-12-24(28)32-30(44)16-8-18-38-32/h1-20H. The highest BCUT2D eigenvalue weighted by molar-refractivity contribution is 6.23. The Labute approximate surface area is 248 Å². The zero-order valence-corrected chi connectivity index (χ0v) is 23.1. The average Bonchev–Trinajstić information content (AvgIpc) is 3.61. The van der Waals surface area contributed by atoms with Crippen molar-refractivity contribution < 1.29 is 0 Å². The van der Waals surface area contributed by atoms with Crippen molar-refractivity contribution >= 4 is 76.5 Å². The molecule has 0 unspecified atom stereocenters. The van der Waals surface area contributed by atoms with Crippen LogP contribution in [0.25, 0.3) is 88.3 Å². The minimum Gasteiger partial charge on any atom is -0.276 e. The molecule has 0 saturated carbocycles. The summed E-state index contributed by atoms with van der Waals surface area (Å²) in [6.07, 6.45) is 7.48. The topological polar surface area (TPSA) is 87.2 Å². The van der Waals surface area contributed by atoms with Gasteiger partial charge in [0.05, 0.1) is 33.1 Å². The van der Waals surface area contributed by atoms with E-state index < -0.39 is 0 Å². The lowest BCUT2D eigenvalue weighted by Crippen LogP contribution is -2.04. The van der Waals surface area contributed by atoms with Crippen LogP contribution in [-0.2, 0) is 0 Å². The van der Waals surface area contributed by atoms with E-state index >= 15 is 0 Å². The van der Waals surface area contributed by atoms with Crippen LogP contribution >= 0.6 is 0 Å². The molecule has 0 aliphatic heterocycles. The predicted molar refractivity (Wildman–Crippen MR) is 174 cm³/mol. The number of rotatable bonds is 2. The molecule has 0 spiro atoms. The molecule has 8 nitrogen and oxygen atoms in total. The average molecular weight is 565 g/mol. The van der Waals surface area contributed by atoms with Crippen LogP contribution in [0.15, 0.2) is 122 Å². The number of pyridine rings is 2. The monoisotopic (exact) mass is 564 g/mol. The Morgan fingerprint density at radius 3 is 1.23 bits per heavy atom. The first-order chi connectivity index (χ1) is 21.8. The molecule has 0 saturated heterocycles. The second kappa shape index (κ2) is 8.62. The summed E-state index contributed by atoms with van der Waals surface area (Å²) in [4.78, 5) is 29.8. The molecule has 0 fully saturated rings. The van der Waals surface area contributed by atoms with Gasteiger partial charge < -0.3 is 0 Å². The maximum absolute atomic E-state index is 5.26. The van der Waals surface area contributed by atoms with Gasteiger partial charge in [0.15, 0.2) is 0 Å². The molecule has 6 heterocycles. The molecule has 0 atom stereocenters. The van der Waals surface area contributed by atoms with E-state index in [1.54, 1.807) is 0 Å². The van der Waals surface area contributed by atoms with Gasteiger partial charge in [0.25, 0.3) is 0 Å². The van der Waals surface area contributed by atoms with Gasteiger partial charge in [-0.3, -0.25) is 19.1 Å². The van der Waals surface area contributed by atoms with Gasteiger partial charge in [-0.25, -0.2) is 19.9 Å². The van der Waals surface area contributed by atoms with Gasteiger partial charge in [-0.2, -0.15) is 0 Å². The van der Waals surface area contributed by atoms with E-state index in [9.17, 15) is 0 Å². The van der Waals surface area contributed by atoms with Gasteiger partial charge in [-0.15, -0.1) is 0 Å². The second-order valence-corrected chi connectivity index (χ2v) is 10.9. The Morgan fingerprint density at radius 2 is 0.750 bits per heavy atom. The van der Waals surface area contributed by atoms with Crippen LogP contribution in [0.1, 0.15) is 0 Å². The molecule has 8 heteroatoms. The van der Waals surface area contributed by atoms with Crippen LogP contribution < -0.4 is 0 Å². The zero-order valence-electron chi connectivity index (χ0n) is 23.1. The highest BCUT2D eigenvalue weighted by Crippen LogP contribution is 2.36. The van der Waals surface area contributed by atoms with Crippen LogP contribution in [0, 0.1) is 0 Å². The van der Waals surface area contributed by atoms with Crippen LogP contribution in [0.5, 0.6) is 0 Å². The smallest absolute Gasteiger partial charge is 0.235 e. The fourth-order valence-corrected chi connectivity index (χ4v) is 6.67. The van der Waals surface area contributed by atoms with Crippen molar-refractivity contribution in [3.05, 3.63) is 122 Å². The molecule has 10 aromatic rings. The maximum Gasteiger partial charge on any atom is 0.235 e. The fraction of sp³-hybridized carbons (Fsp3) is 0. The van der Waals surface area contributed by atoms with Crippen molar-refractivity contribution in [1.82, 2.24) is 39.0 Å². The molecule has 204 valence electrons. The number of benzene rings is 4. The third-order valence-corrected chi connectivity index (χ3v) is 8.54. The molecule has 0 radical (unpaired) electrons. The summed E-state index contributed by atoms with van der Waals surface area (Å²) < 4.78 is 4.16. The number of para-hydroxylation sites is 2. The zero-order chi connectivity index (χ0) is 28.8. The van der Waals surface area contributed by atoms with Gasteiger partial charge in [-0.05, 0) is 47.2 Å². The molecule has 0 amide bonds. The molecule has 6 aromatic heterocycles. The molecule has 0 aliphatic rings. The van der Waals surface area contributed by atoms with E-state index in [1.807, 2.05) is 73.3 Å². The Hall–Kier alpha value is -6.28. The number of hydrogen-bond donors (Lipinski definition) is 0. The Bertz CT molecular complexity index is 2500. The van der Waals surface area contributed by atoms with Crippen molar-refractivity contribution in [2.45, 2.75) is 0 Å². The lowest BCUT2D eigenvalue weighted by molar-refractivity contribution is 1.00. The van der Waals surface area contributed by atoms with Gasteiger partial charge in [0.1, 0.15) is 11.0 Å². The highest BCUT2D eigenvalue weighted by atomic mass is 15.2. The van der Waals surface area contributed by atoms with Gasteiger partial charge in [0.2, 0.25) is 11.9 Å². The largest absolute Gasteiger partial charge is 0.276 e. The third-order valence-electron chi connectivity index (χ3n) is 8.54. The summed E-state index contributed by atoms with van der Waals surface area (Å²) in [6.45, 7) is 0. The summed E-state index contributed by atoms with van der Waals surface area (Å²) in [5.41, 5.74) is 7.26. The first-order valence-corrected chi connectivity index (χ1v) is 14.4. The maximum atomic E-state index is 5.26. The van der Waals surface area contributed by atoms with Crippen molar-refractivity contribution in [1.29, 1.82) is 0 Å². The lowest BCUT2D eigenvalue weighted by Gasteiger charge is -2.12. The highest BCUT2D eigenvalue weighted by Gasteiger charge is 2.20. The summed E-state index contributed by atoms with van der Waals surface area (Å²) in [5, 5.41) is 6.10. The third kappa shape index (κ3) is 3.06. The van der Waals surface area contributed by atoms with Crippen LogP contribution in [0.4, 0.5) is 0 Å². The number of hydrogen-bond acceptors (Lipinski definition) is 6. The Kier molecular flexibility index (Phi) is 4.57. The minimum absolute atomic E-state index is 0.564. The molecule has 44 heavy (non-hydrogen) atoms. The van der Waals surface area contributed by atoms with Crippen LogP contribution in [0.2, 0.25) is 0 Å². The summed E-state index contributed by atoms with van der Waals surface area (Å²) in [5.74, 6) is 1.13. The molecule has 0 bridgehead atoms. The number of nitrogens with zero attached hydrogens (tertiary/aromatic N) is 8. The molecule has 4 aromatic carbocycles. The first kappa shape index (κ1) is 23.3. The minimum atomic E-state index is 0.564. The number of fused-ring (bicyclic) bond motifs is 12. The first-order valence-electron chi connectivity index (χ1n) is 14.4. The molecular formula is C36H20N8. The number of aromatic nitrogens is 8. The van der Waals surface area contributed by atoms with Gasteiger partial charge in [0, 0.05) is 46.3 Å². The normalized spacial score (nSPS) is 12.1. The van der Waals surface area contributed by atoms with Crippen LogP contribution in [0.3, 0.4) is 0 Å². The summed E-state index contributed by atoms with van der Waals surface area (Å²) in [7, 11) is 0. The van der Waals surface area contributed by atoms with Crippen molar-refractivity contribution in [2.75, 3.05) is 0 Å². The quantitative estimate of drug-likeness (QED) is 0.200. The van der Waals surface area contributed by atoms with E-state index in [0.717, 1.165) is 76.5 Å². The van der Waals surface area contributed by atoms with Crippen LogP contribution in [-0.4, -0.2) is 39.0 Å². The molecule has 0 aliphatic carbocycles. The predicted octanol–water partition coefficient (Wildman–Crippen LogP) is 7.71. The lowest BCUT2D eigenvalue weighted by atomic mass is 10.0. The fourth-order valence-electron chi connectivity index (χ4n) is 6.67. The van der Waals surface area contributed by atoms with Gasteiger partial charge in [-0.1, -0.05) is 60.7 Å². The second-order valence-electron chi connectivity index (χ2n) is 10.9.